The molecule has 4 unspecified atom stereocenters. The molecule has 0 spiro atoms. The summed E-state index contributed by atoms with van der Waals surface area (Å²) in [6, 6.07) is -0.187. The third-order valence-corrected chi connectivity index (χ3v) is 5.54. The lowest BCUT2D eigenvalue weighted by molar-refractivity contribution is -0.142. The molecular formula is C14H24N2O3S. The summed E-state index contributed by atoms with van der Waals surface area (Å²) in [6.07, 6.45) is 8.84. The van der Waals surface area contributed by atoms with Gasteiger partial charge in [-0.25, -0.2) is 4.79 Å². The van der Waals surface area contributed by atoms with E-state index < -0.39 is 11.9 Å². The SMILES string of the molecule is CSC1CCCC(NC(=O)NC2CCCC2C(=O)O)C1. The molecule has 0 aromatic carbocycles. The fourth-order valence-electron chi connectivity index (χ4n) is 3.31. The van der Waals surface area contributed by atoms with Crippen LogP contribution in [0.3, 0.4) is 0 Å². The molecule has 3 N–H and O–H groups in total. The van der Waals surface area contributed by atoms with Crippen LogP contribution in [0.1, 0.15) is 44.9 Å². The zero-order valence-corrected chi connectivity index (χ0v) is 12.7. The van der Waals surface area contributed by atoms with E-state index in [4.69, 9.17) is 5.11 Å². The van der Waals surface area contributed by atoms with Crippen molar-refractivity contribution in [3.05, 3.63) is 0 Å². The summed E-state index contributed by atoms with van der Waals surface area (Å²) in [4.78, 5) is 23.1. The van der Waals surface area contributed by atoms with Crippen molar-refractivity contribution in [2.45, 2.75) is 62.3 Å². The Morgan fingerprint density at radius 2 is 1.85 bits per heavy atom. The maximum absolute atomic E-state index is 12.0. The number of urea groups is 1. The predicted molar refractivity (Wildman–Crippen MR) is 80.0 cm³/mol. The van der Waals surface area contributed by atoms with Crippen molar-refractivity contribution < 1.29 is 14.7 Å². The number of carbonyl (C=O) groups excluding carboxylic acids is 1. The van der Waals surface area contributed by atoms with Gasteiger partial charge in [-0.3, -0.25) is 4.79 Å². The molecule has 20 heavy (non-hydrogen) atoms. The van der Waals surface area contributed by atoms with E-state index in [-0.39, 0.29) is 18.1 Å². The number of aliphatic carboxylic acids is 1. The topological polar surface area (TPSA) is 78.4 Å². The second-order valence-corrected chi connectivity index (χ2v) is 6.96. The summed E-state index contributed by atoms with van der Waals surface area (Å²) < 4.78 is 0. The van der Waals surface area contributed by atoms with Crippen LogP contribution >= 0.6 is 11.8 Å². The number of amides is 2. The van der Waals surface area contributed by atoms with Gasteiger partial charge in [-0.2, -0.15) is 11.8 Å². The molecule has 2 rings (SSSR count). The first-order valence-corrected chi connectivity index (χ1v) is 8.71. The van der Waals surface area contributed by atoms with Crippen molar-refractivity contribution in [2.75, 3.05) is 6.26 Å². The molecule has 2 aliphatic rings. The molecule has 0 heterocycles. The summed E-state index contributed by atoms with van der Waals surface area (Å²) in [5, 5.41) is 15.6. The Hall–Kier alpha value is -0.910. The lowest BCUT2D eigenvalue weighted by Crippen LogP contribution is -2.49. The molecule has 2 aliphatic carbocycles. The zero-order chi connectivity index (χ0) is 14.5. The maximum Gasteiger partial charge on any atom is 0.315 e. The van der Waals surface area contributed by atoms with Gasteiger partial charge in [0.25, 0.3) is 0 Å². The van der Waals surface area contributed by atoms with Crippen LogP contribution in [-0.2, 0) is 4.79 Å². The van der Waals surface area contributed by atoms with Crippen LogP contribution in [0.25, 0.3) is 0 Å². The van der Waals surface area contributed by atoms with Crippen LogP contribution in [0.15, 0.2) is 0 Å². The minimum absolute atomic E-state index is 0.199. The average Bonchev–Trinajstić information content (AvgIpc) is 2.87. The highest BCUT2D eigenvalue weighted by atomic mass is 32.2. The van der Waals surface area contributed by atoms with E-state index in [0.29, 0.717) is 11.7 Å². The van der Waals surface area contributed by atoms with Crippen molar-refractivity contribution in [1.29, 1.82) is 0 Å². The molecule has 0 radical (unpaired) electrons. The summed E-state index contributed by atoms with van der Waals surface area (Å²) in [5.41, 5.74) is 0. The van der Waals surface area contributed by atoms with Gasteiger partial charge in [-0.1, -0.05) is 12.8 Å². The number of hydrogen-bond donors (Lipinski definition) is 3. The minimum atomic E-state index is -0.798. The molecule has 2 amide bonds. The van der Waals surface area contributed by atoms with Crippen LogP contribution in [-0.4, -0.2) is 40.7 Å². The highest BCUT2D eigenvalue weighted by Gasteiger charge is 2.34. The van der Waals surface area contributed by atoms with Crippen LogP contribution < -0.4 is 10.6 Å². The molecular weight excluding hydrogens is 276 g/mol. The highest BCUT2D eigenvalue weighted by molar-refractivity contribution is 7.99. The first-order valence-electron chi connectivity index (χ1n) is 7.42. The van der Waals surface area contributed by atoms with Crippen molar-refractivity contribution in [3.63, 3.8) is 0 Å². The Bertz CT molecular complexity index is 364. The first-order chi connectivity index (χ1) is 9.60. The highest BCUT2D eigenvalue weighted by Crippen LogP contribution is 2.28. The Balaban J connectivity index is 1.78. The van der Waals surface area contributed by atoms with Crippen LogP contribution in [0.4, 0.5) is 4.79 Å². The van der Waals surface area contributed by atoms with Crippen molar-refractivity contribution >= 4 is 23.8 Å². The van der Waals surface area contributed by atoms with Crippen molar-refractivity contribution in [2.24, 2.45) is 5.92 Å². The molecule has 6 heteroatoms. The Kier molecular flexibility index (Phi) is 5.57. The summed E-state index contributed by atoms with van der Waals surface area (Å²) in [6.45, 7) is 0. The smallest absolute Gasteiger partial charge is 0.315 e. The molecule has 5 nitrogen and oxygen atoms in total. The summed E-state index contributed by atoms with van der Waals surface area (Å²) in [7, 11) is 0. The number of nitrogens with one attached hydrogen (secondary N) is 2. The molecule has 2 fully saturated rings. The largest absolute Gasteiger partial charge is 0.481 e. The summed E-state index contributed by atoms with van der Waals surface area (Å²) in [5.74, 6) is -1.22. The molecule has 0 aromatic rings. The number of thioether (sulfide) groups is 1. The van der Waals surface area contributed by atoms with E-state index in [2.05, 4.69) is 16.9 Å². The van der Waals surface area contributed by atoms with E-state index in [1.165, 1.54) is 6.42 Å². The summed E-state index contributed by atoms with van der Waals surface area (Å²) >= 11 is 1.86. The lowest BCUT2D eigenvalue weighted by Gasteiger charge is -2.29. The van der Waals surface area contributed by atoms with E-state index in [0.717, 1.165) is 32.1 Å². The number of carboxylic acid groups (broad SMARTS) is 1. The van der Waals surface area contributed by atoms with Crippen LogP contribution in [0.2, 0.25) is 0 Å². The van der Waals surface area contributed by atoms with Crippen LogP contribution in [0.5, 0.6) is 0 Å². The van der Waals surface area contributed by atoms with Crippen LogP contribution in [0, 0.1) is 5.92 Å². The number of carboxylic acids is 1. The van der Waals surface area contributed by atoms with Gasteiger partial charge in [0.05, 0.1) is 5.92 Å². The van der Waals surface area contributed by atoms with Gasteiger partial charge in [0.2, 0.25) is 0 Å². The number of rotatable bonds is 4. The predicted octanol–water partition coefficient (Wildman–Crippen LogP) is 2.21. The van der Waals surface area contributed by atoms with E-state index in [1.54, 1.807) is 0 Å². The molecule has 114 valence electrons. The van der Waals surface area contributed by atoms with Gasteiger partial charge < -0.3 is 15.7 Å². The Labute approximate surface area is 124 Å². The third kappa shape index (κ3) is 4.04. The van der Waals surface area contributed by atoms with Crippen molar-refractivity contribution in [3.8, 4) is 0 Å². The van der Waals surface area contributed by atoms with E-state index >= 15 is 0 Å². The molecule has 0 aliphatic heterocycles. The van der Waals surface area contributed by atoms with Gasteiger partial charge >= 0.3 is 12.0 Å². The Morgan fingerprint density at radius 1 is 1.10 bits per heavy atom. The maximum atomic E-state index is 12.0. The monoisotopic (exact) mass is 300 g/mol. The van der Waals surface area contributed by atoms with Gasteiger partial charge in [0.1, 0.15) is 0 Å². The van der Waals surface area contributed by atoms with Gasteiger partial charge in [0, 0.05) is 17.3 Å². The van der Waals surface area contributed by atoms with Gasteiger partial charge in [0.15, 0.2) is 0 Å². The van der Waals surface area contributed by atoms with Gasteiger partial charge in [-0.05, 0) is 38.4 Å². The second-order valence-electron chi connectivity index (χ2n) is 5.82. The molecule has 0 bridgehead atoms. The fraction of sp³-hybridized carbons (Fsp3) is 0.857. The first kappa shape index (κ1) is 15.5. The molecule has 0 aromatic heterocycles. The normalized spacial score (nSPS) is 33.6. The lowest BCUT2D eigenvalue weighted by atomic mass is 9.95. The standard InChI is InChI=1S/C14H24N2O3S/c1-20-10-5-2-4-9(8-10)15-14(19)16-12-7-3-6-11(12)13(17)18/h9-12H,2-8H2,1H3,(H,17,18)(H2,15,16,19). The molecule has 4 atom stereocenters. The van der Waals surface area contributed by atoms with E-state index in [9.17, 15) is 9.59 Å². The van der Waals surface area contributed by atoms with E-state index in [1.807, 2.05) is 11.8 Å². The third-order valence-electron chi connectivity index (χ3n) is 4.44. The van der Waals surface area contributed by atoms with Crippen molar-refractivity contribution in [1.82, 2.24) is 10.6 Å². The average molecular weight is 300 g/mol. The Morgan fingerprint density at radius 3 is 2.55 bits per heavy atom. The van der Waals surface area contributed by atoms with Gasteiger partial charge in [-0.15, -0.1) is 0 Å². The number of hydrogen-bond acceptors (Lipinski definition) is 3. The molecule has 2 saturated carbocycles. The minimum Gasteiger partial charge on any atom is -0.481 e. The quantitative estimate of drug-likeness (QED) is 0.744. The fourth-order valence-corrected chi connectivity index (χ4v) is 4.14. The number of carbonyl (C=O) groups is 2. The second kappa shape index (κ2) is 7.20. The zero-order valence-electron chi connectivity index (χ0n) is 11.9. The molecule has 0 saturated heterocycles.